The fraction of sp³-hybridized carbons (Fsp3) is 0.238. The van der Waals surface area contributed by atoms with Gasteiger partial charge in [0.2, 0.25) is 5.91 Å². The lowest BCUT2D eigenvalue weighted by atomic mass is 10.1. The highest BCUT2D eigenvalue weighted by Gasteiger charge is 2.34. The number of nitrogens with one attached hydrogen (secondary N) is 2. The molecule has 4 amide bonds. The Morgan fingerprint density at radius 3 is 2.29 bits per heavy atom. The quantitative estimate of drug-likeness (QED) is 0.723. The number of imide groups is 1. The molecule has 0 saturated carbocycles. The fourth-order valence-electron chi connectivity index (χ4n) is 2.96. The predicted molar refractivity (Wildman–Crippen MR) is 104 cm³/mol. The number of carbonyl (C=O) groups is 4. The molecule has 0 aliphatic carbocycles. The lowest BCUT2D eigenvalue weighted by Gasteiger charge is -2.13. The van der Waals surface area contributed by atoms with Crippen molar-refractivity contribution in [3.8, 4) is 0 Å². The molecule has 28 heavy (non-hydrogen) atoms. The highest BCUT2D eigenvalue weighted by molar-refractivity contribution is 6.21. The maximum absolute atomic E-state index is 12.3. The molecule has 2 N–H and O–H groups in total. The van der Waals surface area contributed by atoms with Crippen molar-refractivity contribution in [2.75, 3.05) is 18.4 Å². The highest BCUT2D eigenvalue weighted by Crippen LogP contribution is 2.22. The van der Waals surface area contributed by atoms with Crippen molar-refractivity contribution in [1.82, 2.24) is 10.2 Å². The first-order chi connectivity index (χ1) is 13.5. The molecule has 2 aromatic rings. The van der Waals surface area contributed by atoms with Crippen LogP contribution < -0.4 is 10.6 Å². The molecule has 0 spiro atoms. The number of amides is 4. The number of rotatable bonds is 7. The molecule has 2 aromatic carbocycles. The van der Waals surface area contributed by atoms with Crippen LogP contribution in [0.3, 0.4) is 0 Å². The first kappa shape index (κ1) is 19.3. The zero-order chi connectivity index (χ0) is 20.1. The molecule has 1 aliphatic heterocycles. The number of benzene rings is 2. The summed E-state index contributed by atoms with van der Waals surface area (Å²) in [6, 6.07) is 13.2. The summed E-state index contributed by atoms with van der Waals surface area (Å²) < 4.78 is 0. The van der Waals surface area contributed by atoms with E-state index in [-0.39, 0.29) is 36.6 Å². The van der Waals surface area contributed by atoms with Crippen LogP contribution >= 0.6 is 0 Å². The summed E-state index contributed by atoms with van der Waals surface area (Å²) >= 11 is 0. The maximum Gasteiger partial charge on any atom is 0.261 e. The van der Waals surface area contributed by atoms with E-state index in [2.05, 4.69) is 10.6 Å². The molecule has 0 fully saturated rings. The average molecular weight is 379 g/mol. The van der Waals surface area contributed by atoms with Gasteiger partial charge in [0.25, 0.3) is 17.7 Å². The highest BCUT2D eigenvalue weighted by atomic mass is 16.2. The van der Waals surface area contributed by atoms with Crippen molar-refractivity contribution >= 4 is 29.3 Å². The summed E-state index contributed by atoms with van der Waals surface area (Å²) in [4.78, 5) is 50.0. The van der Waals surface area contributed by atoms with Gasteiger partial charge < -0.3 is 10.6 Å². The first-order valence-electron chi connectivity index (χ1n) is 9.14. The van der Waals surface area contributed by atoms with Crippen molar-refractivity contribution in [2.24, 2.45) is 0 Å². The Labute approximate surface area is 162 Å². The number of carbonyl (C=O) groups excluding carboxylic acids is 4. The van der Waals surface area contributed by atoms with Gasteiger partial charge in [-0.25, -0.2) is 0 Å². The van der Waals surface area contributed by atoms with Gasteiger partial charge in [-0.2, -0.15) is 0 Å². The summed E-state index contributed by atoms with van der Waals surface area (Å²) in [6.45, 7) is 2.54. The molecule has 1 heterocycles. The van der Waals surface area contributed by atoms with Gasteiger partial charge in [0.15, 0.2) is 0 Å². The Hall–Kier alpha value is -3.48. The van der Waals surface area contributed by atoms with Crippen molar-refractivity contribution in [1.29, 1.82) is 0 Å². The van der Waals surface area contributed by atoms with Crippen LogP contribution in [-0.4, -0.2) is 41.6 Å². The van der Waals surface area contributed by atoms with Crippen LogP contribution in [0.2, 0.25) is 0 Å². The second-order valence-corrected chi connectivity index (χ2v) is 6.44. The Kier molecular flexibility index (Phi) is 5.84. The van der Waals surface area contributed by atoms with Crippen molar-refractivity contribution in [2.45, 2.75) is 19.8 Å². The number of hydrogen-bond acceptors (Lipinski definition) is 4. The van der Waals surface area contributed by atoms with Gasteiger partial charge in [-0.05, 0) is 36.8 Å². The number of nitrogens with zero attached hydrogens (tertiary/aromatic N) is 1. The molecule has 0 radical (unpaired) electrons. The fourth-order valence-corrected chi connectivity index (χ4v) is 2.96. The molecule has 1 aliphatic rings. The van der Waals surface area contributed by atoms with Gasteiger partial charge in [0, 0.05) is 30.8 Å². The van der Waals surface area contributed by atoms with Crippen LogP contribution in [0.25, 0.3) is 0 Å². The van der Waals surface area contributed by atoms with Crippen LogP contribution in [-0.2, 0) is 4.79 Å². The van der Waals surface area contributed by atoms with Gasteiger partial charge >= 0.3 is 0 Å². The largest absolute Gasteiger partial charge is 0.352 e. The van der Waals surface area contributed by atoms with Crippen LogP contribution in [0.15, 0.2) is 48.5 Å². The van der Waals surface area contributed by atoms with E-state index in [1.807, 2.05) is 6.92 Å². The normalized spacial score (nSPS) is 12.7. The zero-order valence-corrected chi connectivity index (χ0v) is 15.5. The molecule has 144 valence electrons. The molecule has 0 aromatic heterocycles. The third-order valence-electron chi connectivity index (χ3n) is 4.38. The molecule has 7 nitrogen and oxygen atoms in total. The van der Waals surface area contributed by atoms with Crippen LogP contribution in [0.4, 0.5) is 5.69 Å². The first-order valence-corrected chi connectivity index (χ1v) is 9.14. The summed E-state index contributed by atoms with van der Waals surface area (Å²) in [7, 11) is 0. The minimum atomic E-state index is -0.386. The standard InChI is InChI=1S/C21H21N3O4/c1-2-11-22-19(26)14-6-5-7-15(13-14)23-18(25)10-12-24-20(27)16-8-3-4-9-17(16)21(24)28/h3-9,13H,2,10-12H2,1H3,(H,22,26)(H,23,25). The van der Waals surface area contributed by atoms with Crippen molar-refractivity contribution in [3.05, 3.63) is 65.2 Å². The lowest BCUT2D eigenvalue weighted by Crippen LogP contribution is -2.32. The Morgan fingerprint density at radius 2 is 1.64 bits per heavy atom. The molecule has 0 unspecified atom stereocenters. The van der Waals surface area contributed by atoms with Crippen LogP contribution in [0.5, 0.6) is 0 Å². The molecular formula is C21H21N3O4. The maximum atomic E-state index is 12.3. The summed E-state index contributed by atoms with van der Waals surface area (Å²) in [5, 5.41) is 5.48. The minimum Gasteiger partial charge on any atom is -0.352 e. The van der Waals surface area contributed by atoms with Gasteiger partial charge in [0.05, 0.1) is 11.1 Å². The minimum absolute atomic E-state index is 0.00510. The number of anilines is 1. The lowest BCUT2D eigenvalue weighted by molar-refractivity contribution is -0.116. The Morgan fingerprint density at radius 1 is 0.964 bits per heavy atom. The van der Waals surface area contributed by atoms with Crippen LogP contribution in [0, 0.1) is 0 Å². The van der Waals surface area contributed by atoms with Gasteiger partial charge in [-0.3, -0.25) is 24.1 Å². The van der Waals surface area contributed by atoms with E-state index < -0.39 is 0 Å². The summed E-state index contributed by atoms with van der Waals surface area (Å²) in [5.74, 6) is -1.32. The number of hydrogen-bond donors (Lipinski definition) is 2. The van der Waals surface area contributed by atoms with E-state index in [0.29, 0.717) is 28.9 Å². The smallest absolute Gasteiger partial charge is 0.261 e. The second-order valence-electron chi connectivity index (χ2n) is 6.44. The zero-order valence-electron chi connectivity index (χ0n) is 15.5. The molecule has 7 heteroatoms. The van der Waals surface area contributed by atoms with E-state index in [1.54, 1.807) is 48.5 Å². The van der Waals surface area contributed by atoms with Crippen LogP contribution in [0.1, 0.15) is 50.8 Å². The van der Waals surface area contributed by atoms with E-state index in [9.17, 15) is 19.2 Å². The second kappa shape index (κ2) is 8.47. The van der Waals surface area contributed by atoms with E-state index in [4.69, 9.17) is 0 Å². The molecule has 0 saturated heterocycles. The van der Waals surface area contributed by atoms with E-state index >= 15 is 0 Å². The van der Waals surface area contributed by atoms with E-state index in [1.165, 1.54) is 0 Å². The Bertz CT molecular complexity index is 904. The monoisotopic (exact) mass is 379 g/mol. The summed E-state index contributed by atoms with van der Waals surface area (Å²) in [5.41, 5.74) is 1.65. The molecule has 0 bridgehead atoms. The topological polar surface area (TPSA) is 95.6 Å². The molecule has 3 rings (SSSR count). The van der Waals surface area contributed by atoms with Gasteiger partial charge in [-0.1, -0.05) is 25.1 Å². The number of fused-ring (bicyclic) bond motifs is 1. The van der Waals surface area contributed by atoms with E-state index in [0.717, 1.165) is 11.3 Å². The van der Waals surface area contributed by atoms with Gasteiger partial charge in [0.1, 0.15) is 0 Å². The summed E-state index contributed by atoms with van der Waals surface area (Å²) in [6.07, 6.45) is 0.803. The average Bonchev–Trinajstić information content (AvgIpc) is 2.95. The Balaban J connectivity index is 1.58. The third-order valence-corrected chi connectivity index (χ3v) is 4.38. The van der Waals surface area contributed by atoms with Crippen molar-refractivity contribution in [3.63, 3.8) is 0 Å². The molecular weight excluding hydrogens is 358 g/mol. The van der Waals surface area contributed by atoms with Crippen molar-refractivity contribution < 1.29 is 19.2 Å². The predicted octanol–water partition coefficient (Wildman–Crippen LogP) is 2.45. The SMILES string of the molecule is CCCNC(=O)c1cccc(NC(=O)CCN2C(=O)c3ccccc3C2=O)c1. The third kappa shape index (κ3) is 4.09. The molecule has 0 atom stereocenters. The van der Waals surface area contributed by atoms with Gasteiger partial charge in [-0.15, -0.1) is 0 Å².